The van der Waals surface area contributed by atoms with Crippen molar-refractivity contribution in [3.05, 3.63) is 46.1 Å². The summed E-state index contributed by atoms with van der Waals surface area (Å²) in [7, 11) is 0. The normalized spacial score (nSPS) is 20.7. The second kappa shape index (κ2) is 8.79. The molecule has 1 atom stereocenters. The molecule has 144 valence electrons. The fourth-order valence-electron chi connectivity index (χ4n) is 3.66. The summed E-state index contributed by atoms with van der Waals surface area (Å²) >= 11 is 0. The lowest BCUT2D eigenvalue weighted by Gasteiger charge is -2.37. The zero-order valence-electron chi connectivity index (χ0n) is 17.5. The van der Waals surface area contributed by atoms with Crippen LogP contribution in [-0.2, 0) is 6.42 Å². The number of phenolic OH excluding ortho intramolecular Hbond substituents is 1. The molecule has 0 saturated heterocycles. The van der Waals surface area contributed by atoms with E-state index in [2.05, 4.69) is 39.8 Å². The van der Waals surface area contributed by atoms with E-state index in [9.17, 15) is 5.11 Å². The smallest absolute Gasteiger partial charge is 0.126 e. The third kappa shape index (κ3) is 5.16. The number of hydrogen-bond donors (Lipinski definition) is 1. The first-order valence-corrected chi connectivity index (χ1v) is 10.1. The van der Waals surface area contributed by atoms with E-state index in [1.165, 1.54) is 16.7 Å². The van der Waals surface area contributed by atoms with Gasteiger partial charge in [0.15, 0.2) is 0 Å². The summed E-state index contributed by atoms with van der Waals surface area (Å²) < 4.78 is 6.45. The molecule has 1 heterocycles. The third-order valence-electron chi connectivity index (χ3n) is 5.83. The van der Waals surface area contributed by atoms with Crippen molar-refractivity contribution >= 4 is 0 Å². The van der Waals surface area contributed by atoms with Gasteiger partial charge in [0.2, 0.25) is 0 Å². The lowest BCUT2D eigenvalue weighted by atomic mass is 9.86. The predicted molar refractivity (Wildman–Crippen MR) is 111 cm³/mol. The molecular weight excluding hydrogens is 320 g/mol. The fourth-order valence-corrected chi connectivity index (χ4v) is 3.66. The molecule has 0 spiro atoms. The highest BCUT2D eigenvalue weighted by Crippen LogP contribution is 2.42. The van der Waals surface area contributed by atoms with Crippen molar-refractivity contribution in [2.24, 2.45) is 0 Å². The van der Waals surface area contributed by atoms with Crippen LogP contribution < -0.4 is 4.74 Å². The van der Waals surface area contributed by atoms with E-state index in [1.54, 1.807) is 0 Å². The largest absolute Gasteiger partial charge is 0.508 e. The van der Waals surface area contributed by atoms with Crippen LogP contribution in [0.15, 0.2) is 29.4 Å². The topological polar surface area (TPSA) is 29.5 Å². The standard InChI is InChI=1S/C24H36O2/c1-7-17(2)10-8-11-18(3)12-9-14-24(6)15-13-21-20(5)22(25)16-19(4)23(21)26-24/h10,12,16,25H,7-9,11,13-15H2,1-6H3/b17-10+,18-12+. The first-order valence-electron chi connectivity index (χ1n) is 10.1. The SMILES string of the molecule is CC/C(C)=C/CC/C(C)=C/CCC1(C)CCc2c(C)c(O)cc(C)c2O1. The second-order valence-electron chi connectivity index (χ2n) is 8.23. The molecule has 0 aliphatic carbocycles. The molecule has 1 aliphatic rings. The number of fused-ring (bicyclic) bond motifs is 1. The van der Waals surface area contributed by atoms with Crippen molar-refractivity contribution in [2.45, 2.75) is 92.1 Å². The summed E-state index contributed by atoms with van der Waals surface area (Å²) in [5.74, 6) is 1.38. The Bertz CT molecular complexity index is 697. The molecule has 1 aliphatic heterocycles. The van der Waals surface area contributed by atoms with Gasteiger partial charge in [-0.05, 0) is 96.8 Å². The van der Waals surface area contributed by atoms with Gasteiger partial charge in [0.25, 0.3) is 0 Å². The molecule has 0 saturated carbocycles. The molecule has 0 radical (unpaired) electrons. The summed E-state index contributed by atoms with van der Waals surface area (Å²) in [5, 5.41) is 10.0. The fraction of sp³-hybridized carbons (Fsp3) is 0.583. The van der Waals surface area contributed by atoms with Gasteiger partial charge >= 0.3 is 0 Å². The Balaban J connectivity index is 1.94. The van der Waals surface area contributed by atoms with E-state index < -0.39 is 0 Å². The number of rotatable bonds is 7. The summed E-state index contributed by atoms with van der Waals surface area (Å²) in [6, 6.07) is 1.83. The summed E-state index contributed by atoms with van der Waals surface area (Å²) in [5.41, 5.74) is 6.04. The first-order chi connectivity index (χ1) is 12.3. The van der Waals surface area contributed by atoms with E-state index in [-0.39, 0.29) is 5.60 Å². The maximum Gasteiger partial charge on any atom is 0.126 e. The van der Waals surface area contributed by atoms with Crippen LogP contribution in [0.3, 0.4) is 0 Å². The molecule has 2 heteroatoms. The molecule has 1 aromatic carbocycles. The molecule has 2 nitrogen and oxygen atoms in total. The van der Waals surface area contributed by atoms with E-state index in [4.69, 9.17) is 4.74 Å². The average Bonchev–Trinajstić information content (AvgIpc) is 2.59. The average molecular weight is 357 g/mol. The quantitative estimate of drug-likeness (QED) is 0.535. The van der Waals surface area contributed by atoms with Gasteiger partial charge in [-0.25, -0.2) is 0 Å². The van der Waals surface area contributed by atoms with E-state index in [0.717, 1.165) is 61.8 Å². The van der Waals surface area contributed by atoms with Gasteiger partial charge < -0.3 is 9.84 Å². The zero-order valence-corrected chi connectivity index (χ0v) is 17.5. The van der Waals surface area contributed by atoms with Crippen LogP contribution in [0.4, 0.5) is 0 Å². The molecule has 2 rings (SSSR count). The summed E-state index contributed by atoms with van der Waals surface area (Å²) in [6.45, 7) is 12.9. The molecule has 0 fully saturated rings. The number of phenols is 1. The van der Waals surface area contributed by atoms with E-state index in [1.807, 2.05) is 19.9 Å². The van der Waals surface area contributed by atoms with Crippen LogP contribution in [0.1, 0.15) is 82.9 Å². The lowest BCUT2D eigenvalue weighted by molar-refractivity contribution is 0.0559. The van der Waals surface area contributed by atoms with Crippen LogP contribution in [0, 0.1) is 13.8 Å². The number of benzene rings is 1. The molecule has 1 unspecified atom stereocenters. The Morgan fingerprint density at radius 1 is 1.19 bits per heavy atom. The minimum Gasteiger partial charge on any atom is -0.508 e. The Morgan fingerprint density at radius 2 is 1.88 bits per heavy atom. The van der Waals surface area contributed by atoms with Crippen molar-refractivity contribution in [2.75, 3.05) is 0 Å². The number of ether oxygens (including phenoxy) is 1. The number of hydrogen-bond acceptors (Lipinski definition) is 2. The lowest BCUT2D eigenvalue weighted by Crippen LogP contribution is -2.36. The summed E-state index contributed by atoms with van der Waals surface area (Å²) in [6.07, 6.45) is 12.3. The summed E-state index contributed by atoms with van der Waals surface area (Å²) in [4.78, 5) is 0. The van der Waals surface area contributed by atoms with Crippen LogP contribution in [-0.4, -0.2) is 10.7 Å². The zero-order chi connectivity index (χ0) is 19.3. The predicted octanol–water partition coefficient (Wildman–Crippen LogP) is 6.96. The highest BCUT2D eigenvalue weighted by Gasteiger charge is 2.33. The molecule has 0 amide bonds. The maximum absolute atomic E-state index is 10.0. The van der Waals surface area contributed by atoms with Crippen molar-refractivity contribution in [1.29, 1.82) is 0 Å². The van der Waals surface area contributed by atoms with Crippen LogP contribution in [0.25, 0.3) is 0 Å². The molecular formula is C24H36O2. The first kappa shape index (κ1) is 20.6. The minimum atomic E-state index is -0.114. The third-order valence-corrected chi connectivity index (χ3v) is 5.83. The minimum absolute atomic E-state index is 0.114. The molecule has 0 aromatic heterocycles. The molecule has 1 N–H and O–H groups in total. The maximum atomic E-state index is 10.0. The highest BCUT2D eigenvalue weighted by atomic mass is 16.5. The van der Waals surface area contributed by atoms with Gasteiger partial charge in [0.05, 0.1) is 0 Å². The highest BCUT2D eigenvalue weighted by molar-refractivity contribution is 5.53. The monoisotopic (exact) mass is 356 g/mol. The van der Waals surface area contributed by atoms with Gasteiger partial charge in [-0.15, -0.1) is 0 Å². The van der Waals surface area contributed by atoms with Crippen molar-refractivity contribution in [3.8, 4) is 11.5 Å². The Labute approximate surface area is 160 Å². The Kier molecular flexibility index (Phi) is 6.97. The second-order valence-corrected chi connectivity index (χ2v) is 8.23. The van der Waals surface area contributed by atoms with Crippen molar-refractivity contribution in [1.82, 2.24) is 0 Å². The molecule has 0 bridgehead atoms. The molecule has 1 aromatic rings. The van der Waals surface area contributed by atoms with Crippen LogP contribution in [0.2, 0.25) is 0 Å². The van der Waals surface area contributed by atoms with Gasteiger partial charge in [-0.1, -0.05) is 30.2 Å². The van der Waals surface area contributed by atoms with Gasteiger partial charge in [0, 0.05) is 5.56 Å². The number of aromatic hydroxyl groups is 1. The van der Waals surface area contributed by atoms with E-state index >= 15 is 0 Å². The van der Waals surface area contributed by atoms with Crippen molar-refractivity contribution in [3.63, 3.8) is 0 Å². The van der Waals surface area contributed by atoms with Crippen molar-refractivity contribution < 1.29 is 9.84 Å². The van der Waals surface area contributed by atoms with Gasteiger partial charge in [-0.2, -0.15) is 0 Å². The number of allylic oxidation sites excluding steroid dienone is 4. The van der Waals surface area contributed by atoms with Gasteiger partial charge in [-0.3, -0.25) is 0 Å². The Hall–Kier alpha value is -1.70. The number of aryl methyl sites for hydroxylation is 1. The van der Waals surface area contributed by atoms with Gasteiger partial charge in [0.1, 0.15) is 17.1 Å². The Morgan fingerprint density at radius 3 is 2.58 bits per heavy atom. The van der Waals surface area contributed by atoms with Crippen LogP contribution in [0.5, 0.6) is 11.5 Å². The van der Waals surface area contributed by atoms with Crippen LogP contribution >= 0.6 is 0 Å². The van der Waals surface area contributed by atoms with E-state index in [0.29, 0.717) is 5.75 Å². The molecule has 26 heavy (non-hydrogen) atoms.